The molecule has 0 N–H and O–H groups in total. The van der Waals surface area contributed by atoms with Crippen molar-refractivity contribution in [3.05, 3.63) is 116 Å². The van der Waals surface area contributed by atoms with Crippen molar-refractivity contribution in [1.29, 1.82) is 0 Å². The highest BCUT2D eigenvalue weighted by atomic mass is 16.5. The van der Waals surface area contributed by atoms with Crippen LogP contribution in [0.25, 0.3) is 27.8 Å². The molecule has 0 radical (unpaired) electrons. The standard InChI is InChI=1S/C30H27N3O3/c1-5-19-12-16-21(17-13-19)28-27-26-24(29(34)32(4)30(35)31(26)3)25(20-14-10-18(2)11-15-20)33(27)22-8-6-7-9-23(22)36-28/h6-17,28H,5H2,1-4H3. The number of ether oxygens (including phenoxy) is 1. The SMILES string of the molecule is CCc1ccc(C2Oc3ccccc3-n3c(-c4ccc(C)cc4)c4c(=O)n(C)c(=O)n(C)c4c32)cc1. The molecule has 1 atom stereocenters. The number of benzene rings is 3. The molecule has 6 rings (SSSR count). The topological polar surface area (TPSA) is 58.2 Å². The van der Waals surface area contributed by atoms with Gasteiger partial charge in [0.05, 0.1) is 28.0 Å². The summed E-state index contributed by atoms with van der Waals surface area (Å²) in [5, 5.41) is 0.508. The van der Waals surface area contributed by atoms with Crippen LogP contribution in [0, 0.1) is 6.92 Å². The van der Waals surface area contributed by atoms with Crippen LogP contribution in [0.15, 0.2) is 82.4 Å². The molecule has 6 nitrogen and oxygen atoms in total. The smallest absolute Gasteiger partial charge is 0.331 e. The van der Waals surface area contributed by atoms with E-state index in [4.69, 9.17) is 4.74 Å². The molecule has 0 bridgehead atoms. The van der Waals surface area contributed by atoms with Gasteiger partial charge in [-0.05, 0) is 42.2 Å². The Labute approximate surface area is 208 Å². The molecule has 0 aliphatic carbocycles. The zero-order valence-electron chi connectivity index (χ0n) is 20.8. The fraction of sp³-hybridized carbons (Fsp3) is 0.200. The summed E-state index contributed by atoms with van der Waals surface area (Å²) in [6, 6.07) is 24.4. The van der Waals surface area contributed by atoms with Gasteiger partial charge in [0, 0.05) is 14.1 Å². The van der Waals surface area contributed by atoms with Crippen LogP contribution >= 0.6 is 0 Å². The van der Waals surface area contributed by atoms with Gasteiger partial charge in [-0.1, -0.05) is 73.2 Å². The fourth-order valence-corrected chi connectivity index (χ4v) is 5.25. The number of hydrogen-bond acceptors (Lipinski definition) is 3. The van der Waals surface area contributed by atoms with E-state index in [1.54, 1.807) is 11.6 Å². The van der Waals surface area contributed by atoms with Crippen LogP contribution in [0.3, 0.4) is 0 Å². The molecule has 6 heteroatoms. The summed E-state index contributed by atoms with van der Waals surface area (Å²) in [6.07, 6.45) is 0.445. The normalized spacial score (nSPS) is 14.4. The molecule has 0 amide bonds. The first-order valence-corrected chi connectivity index (χ1v) is 12.2. The van der Waals surface area contributed by atoms with Crippen LogP contribution < -0.4 is 16.0 Å². The number of nitrogens with zero attached hydrogens (tertiary/aromatic N) is 3. The summed E-state index contributed by atoms with van der Waals surface area (Å²) in [6.45, 7) is 4.16. The Morgan fingerprint density at radius 1 is 0.861 bits per heavy atom. The lowest BCUT2D eigenvalue weighted by molar-refractivity contribution is 0.229. The minimum absolute atomic E-state index is 0.317. The van der Waals surface area contributed by atoms with Crippen molar-refractivity contribution in [3.8, 4) is 22.7 Å². The monoisotopic (exact) mass is 477 g/mol. The van der Waals surface area contributed by atoms with Crippen molar-refractivity contribution in [2.45, 2.75) is 26.4 Å². The maximum absolute atomic E-state index is 13.7. The molecule has 1 aliphatic rings. The Bertz CT molecular complexity index is 1750. The van der Waals surface area contributed by atoms with Crippen LogP contribution in [0.5, 0.6) is 5.75 Å². The van der Waals surface area contributed by atoms with E-state index in [1.807, 2.05) is 55.5 Å². The molecule has 0 saturated heterocycles. The van der Waals surface area contributed by atoms with Gasteiger partial charge in [-0.15, -0.1) is 0 Å². The van der Waals surface area contributed by atoms with E-state index in [-0.39, 0.29) is 11.2 Å². The van der Waals surface area contributed by atoms with Gasteiger partial charge >= 0.3 is 5.69 Å². The minimum Gasteiger partial charge on any atom is -0.477 e. The number of para-hydroxylation sites is 2. The molecular weight excluding hydrogens is 450 g/mol. The number of fused-ring (bicyclic) bond motifs is 5. The average molecular weight is 478 g/mol. The van der Waals surface area contributed by atoms with Gasteiger partial charge in [-0.3, -0.25) is 13.9 Å². The third-order valence-electron chi connectivity index (χ3n) is 7.22. The third kappa shape index (κ3) is 3.10. The molecule has 5 aromatic rings. The van der Waals surface area contributed by atoms with Gasteiger partial charge in [0.1, 0.15) is 5.75 Å². The summed E-state index contributed by atoms with van der Waals surface area (Å²) in [4.78, 5) is 26.8. The summed E-state index contributed by atoms with van der Waals surface area (Å²) in [5.74, 6) is 0.727. The Hall–Kier alpha value is -4.32. The number of aryl methyl sites for hydroxylation is 3. The minimum atomic E-state index is -0.495. The van der Waals surface area contributed by atoms with E-state index in [1.165, 1.54) is 17.2 Å². The number of aromatic nitrogens is 3. The van der Waals surface area contributed by atoms with Gasteiger partial charge < -0.3 is 9.30 Å². The van der Waals surface area contributed by atoms with E-state index < -0.39 is 6.10 Å². The van der Waals surface area contributed by atoms with Gasteiger partial charge in [0.2, 0.25) is 0 Å². The fourth-order valence-electron chi connectivity index (χ4n) is 5.25. The van der Waals surface area contributed by atoms with Crippen LogP contribution in [0.2, 0.25) is 0 Å². The van der Waals surface area contributed by atoms with Gasteiger partial charge in [0.25, 0.3) is 5.56 Å². The van der Waals surface area contributed by atoms with Crippen LogP contribution in [-0.4, -0.2) is 13.7 Å². The summed E-state index contributed by atoms with van der Waals surface area (Å²) < 4.78 is 11.5. The van der Waals surface area contributed by atoms with Crippen molar-refractivity contribution >= 4 is 10.9 Å². The summed E-state index contributed by atoms with van der Waals surface area (Å²) in [7, 11) is 3.26. The van der Waals surface area contributed by atoms with Crippen molar-refractivity contribution < 1.29 is 4.74 Å². The predicted molar refractivity (Wildman–Crippen MR) is 142 cm³/mol. The first-order chi connectivity index (χ1) is 17.4. The second-order valence-corrected chi connectivity index (χ2v) is 9.43. The molecule has 3 aromatic carbocycles. The highest BCUT2D eigenvalue weighted by Gasteiger charge is 2.36. The first-order valence-electron chi connectivity index (χ1n) is 12.2. The molecule has 2 aromatic heterocycles. The van der Waals surface area contributed by atoms with E-state index in [2.05, 4.69) is 35.8 Å². The zero-order valence-corrected chi connectivity index (χ0v) is 20.8. The molecular formula is C30H27N3O3. The lowest BCUT2D eigenvalue weighted by atomic mass is 10.0. The van der Waals surface area contributed by atoms with Crippen LogP contribution in [0.1, 0.15) is 35.4 Å². The van der Waals surface area contributed by atoms with Crippen LogP contribution in [-0.2, 0) is 20.5 Å². The second kappa shape index (κ2) is 8.12. The van der Waals surface area contributed by atoms with Gasteiger partial charge in [-0.25, -0.2) is 4.79 Å². The second-order valence-electron chi connectivity index (χ2n) is 9.43. The maximum Gasteiger partial charge on any atom is 0.331 e. The maximum atomic E-state index is 13.7. The van der Waals surface area contributed by atoms with E-state index in [0.717, 1.165) is 45.9 Å². The summed E-state index contributed by atoms with van der Waals surface area (Å²) >= 11 is 0. The largest absolute Gasteiger partial charge is 0.477 e. The lowest BCUT2D eigenvalue weighted by Gasteiger charge is -2.30. The average Bonchev–Trinajstić information content (AvgIpc) is 3.27. The van der Waals surface area contributed by atoms with Crippen molar-refractivity contribution in [2.24, 2.45) is 14.1 Å². The zero-order chi connectivity index (χ0) is 25.1. The third-order valence-corrected chi connectivity index (χ3v) is 7.22. The molecule has 0 saturated carbocycles. The Morgan fingerprint density at radius 2 is 1.56 bits per heavy atom. The Morgan fingerprint density at radius 3 is 2.25 bits per heavy atom. The van der Waals surface area contributed by atoms with Gasteiger partial charge in [0.15, 0.2) is 6.10 Å². The Balaban J connectivity index is 1.82. The molecule has 36 heavy (non-hydrogen) atoms. The highest BCUT2D eigenvalue weighted by molar-refractivity contribution is 5.98. The van der Waals surface area contributed by atoms with Crippen molar-refractivity contribution in [2.75, 3.05) is 0 Å². The van der Waals surface area contributed by atoms with E-state index in [9.17, 15) is 9.59 Å². The van der Waals surface area contributed by atoms with Crippen molar-refractivity contribution in [3.63, 3.8) is 0 Å². The Kier molecular flexibility index (Phi) is 5.00. The summed E-state index contributed by atoms with van der Waals surface area (Å²) in [5.41, 5.74) is 6.54. The molecule has 1 aliphatic heterocycles. The molecule has 0 spiro atoms. The molecule has 1 unspecified atom stereocenters. The lowest BCUT2D eigenvalue weighted by Crippen LogP contribution is -2.37. The number of rotatable bonds is 3. The van der Waals surface area contributed by atoms with Gasteiger partial charge in [-0.2, -0.15) is 0 Å². The predicted octanol–water partition coefficient (Wildman–Crippen LogP) is 5.05. The first kappa shape index (κ1) is 22.2. The molecule has 3 heterocycles. The molecule has 180 valence electrons. The quantitative estimate of drug-likeness (QED) is 0.366. The van der Waals surface area contributed by atoms with Crippen molar-refractivity contribution in [1.82, 2.24) is 13.7 Å². The molecule has 0 fully saturated rings. The van der Waals surface area contributed by atoms with Crippen LogP contribution in [0.4, 0.5) is 0 Å². The number of hydrogen-bond donors (Lipinski definition) is 0. The van der Waals surface area contributed by atoms with E-state index >= 15 is 0 Å². The highest BCUT2D eigenvalue weighted by Crippen LogP contribution is 2.46. The van der Waals surface area contributed by atoms with E-state index in [0.29, 0.717) is 10.9 Å².